The van der Waals surface area contributed by atoms with E-state index >= 15 is 0 Å². The average molecular weight is 181 g/mol. The third-order valence-corrected chi connectivity index (χ3v) is 2.02. The summed E-state index contributed by atoms with van der Waals surface area (Å²) in [5.74, 6) is 0.267. The average Bonchev–Trinajstić information content (AvgIpc) is 2.58. The van der Waals surface area contributed by atoms with E-state index in [9.17, 15) is 4.79 Å². The van der Waals surface area contributed by atoms with Gasteiger partial charge in [-0.05, 0) is 20.8 Å². The number of aromatic nitrogens is 1. The first-order valence-corrected chi connectivity index (χ1v) is 4.08. The number of rotatable bonds is 1. The van der Waals surface area contributed by atoms with E-state index in [2.05, 4.69) is 0 Å². The molecule has 2 heterocycles. The molecule has 1 N–H and O–H groups in total. The highest BCUT2D eigenvalue weighted by Crippen LogP contribution is 2.51. The Morgan fingerprint density at radius 2 is 2.15 bits per heavy atom. The molecule has 0 atom stereocenters. The van der Waals surface area contributed by atoms with Crippen LogP contribution in [0.15, 0.2) is 6.20 Å². The molecule has 13 heavy (non-hydrogen) atoms. The second-order valence-corrected chi connectivity index (χ2v) is 4.12. The summed E-state index contributed by atoms with van der Waals surface area (Å²) in [7, 11) is 0. The Morgan fingerprint density at radius 3 is 2.54 bits per heavy atom. The summed E-state index contributed by atoms with van der Waals surface area (Å²) in [5.41, 5.74) is 0.0346. The molecular formula is C9H11NO3. The Bertz CT molecular complexity index is 384. The van der Waals surface area contributed by atoms with E-state index in [4.69, 9.17) is 9.84 Å². The minimum absolute atomic E-state index is 0.218. The van der Waals surface area contributed by atoms with Crippen LogP contribution in [0.5, 0.6) is 11.5 Å². The zero-order chi connectivity index (χ0) is 9.80. The Kier molecular flexibility index (Phi) is 1.30. The van der Waals surface area contributed by atoms with E-state index < -0.39 is 5.97 Å². The Balaban J connectivity index is 2.55. The molecule has 1 aliphatic rings. The Hall–Kier alpha value is -1.45. The molecule has 0 saturated carbocycles. The second kappa shape index (κ2) is 2.07. The maximum absolute atomic E-state index is 10.9. The summed E-state index contributed by atoms with van der Waals surface area (Å²) in [6, 6.07) is 0. The predicted molar refractivity (Wildman–Crippen MR) is 46.5 cm³/mol. The van der Waals surface area contributed by atoms with Gasteiger partial charge in [0.1, 0.15) is 0 Å². The number of ether oxygens (including phenoxy) is 1. The molecule has 0 unspecified atom stereocenters. The minimum Gasteiger partial charge on any atom is -0.476 e. The molecule has 0 aliphatic carbocycles. The molecule has 0 aromatic carbocycles. The normalized spacial score (nSPS) is 13.5. The number of aromatic carboxylic acids is 1. The summed E-state index contributed by atoms with van der Waals surface area (Å²) in [5, 5.41) is 8.93. The van der Waals surface area contributed by atoms with Crippen LogP contribution in [-0.4, -0.2) is 15.6 Å². The molecular weight excluding hydrogens is 170 g/mol. The van der Waals surface area contributed by atoms with Crippen molar-refractivity contribution >= 4 is 5.97 Å². The number of hydrogen-bond donors (Lipinski definition) is 1. The van der Waals surface area contributed by atoms with E-state index in [0.717, 1.165) is 0 Å². The van der Waals surface area contributed by atoms with Crippen LogP contribution in [0, 0.1) is 0 Å². The zero-order valence-electron chi connectivity index (χ0n) is 7.79. The van der Waals surface area contributed by atoms with E-state index in [1.165, 1.54) is 0 Å². The summed E-state index contributed by atoms with van der Waals surface area (Å²) < 4.78 is 6.70. The lowest BCUT2D eigenvalue weighted by molar-refractivity contribution is 0.0676. The fourth-order valence-corrected chi connectivity index (χ4v) is 1.35. The first-order valence-electron chi connectivity index (χ1n) is 4.08. The number of hydrogen-bond acceptors (Lipinski definition) is 2. The first kappa shape index (κ1) is 8.16. The van der Waals surface area contributed by atoms with Crippen molar-refractivity contribution in [3.05, 3.63) is 11.9 Å². The van der Waals surface area contributed by atoms with Gasteiger partial charge in [0.05, 0.1) is 6.20 Å². The van der Waals surface area contributed by atoms with Crippen LogP contribution in [0.2, 0.25) is 0 Å². The van der Waals surface area contributed by atoms with Gasteiger partial charge in [0.15, 0.2) is 11.4 Å². The van der Waals surface area contributed by atoms with E-state index in [0.29, 0.717) is 11.5 Å². The summed E-state index contributed by atoms with van der Waals surface area (Å²) >= 11 is 0. The monoisotopic (exact) mass is 181 g/mol. The van der Waals surface area contributed by atoms with Gasteiger partial charge in [-0.2, -0.15) is 0 Å². The van der Waals surface area contributed by atoms with Crippen LogP contribution in [0.25, 0.3) is 0 Å². The lowest BCUT2D eigenvalue weighted by Gasteiger charge is -2.23. The highest BCUT2D eigenvalue weighted by atomic mass is 16.6. The molecule has 0 amide bonds. The third kappa shape index (κ3) is 1.09. The fraction of sp³-hybridized carbons (Fsp3) is 0.444. The zero-order valence-corrected chi connectivity index (χ0v) is 7.79. The van der Waals surface area contributed by atoms with E-state index in [1.807, 2.05) is 20.8 Å². The van der Waals surface area contributed by atoms with Gasteiger partial charge in [0, 0.05) is 5.54 Å². The van der Waals surface area contributed by atoms with Crippen LogP contribution < -0.4 is 4.74 Å². The molecule has 0 saturated heterocycles. The van der Waals surface area contributed by atoms with Crippen molar-refractivity contribution < 1.29 is 14.6 Å². The van der Waals surface area contributed by atoms with Crippen LogP contribution >= 0.6 is 0 Å². The number of nitrogens with zero attached hydrogens (tertiary/aromatic N) is 1. The van der Waals surface area contributed by atoms with Crippen molar-refractivity contribution in [3.8, 4) is 11.5 Å². The van der Waals surface area contributed by atoms with Gasteiger partial charge in [-0.15, -0.1) is 0 Å². The van der Waals surface area contributed by atoms with Gasteiger partial charge in [-0.25, -0.2) is 4.79 Å². The standard InChI is InChI=1S/C9H11NO3/c1-9(2,3)10-4-5-7(13-5)6(10)8(11)12/h4H,1-3H3,(H,11,12). The molecule has 1 aromatic rings. The van der Waals surface area contributed by atoms with E-state index in [-0.39, 0.29) is 11.2 Å². The van der Waals surface area contributed by atoms with Gasteiger partial charge in [-0.1, -0.05) is 0 Å². The van der Waals surface area contributed by atoms with Gasteiger partial charge >= 0.3 is 5.97 Å². The molecule has 0 bridgehead atoms. The second-order valence-electron chi connectivity index (χ2n) is 4.12. The van der Waals surface area contributed by atoms with Gasteiger partial charge < -0.3 is 14.4 Å². The smallest absolute Gasteiger partial charge is 0.356 e. The maximum atomic E-state index is 10.9. The molecule has 4 nitrogen and oxygen atoms in total. The SMILES string of the molecule is CC(C)(C)n1cc2c(c1C(=O)O)O2. The first-order chi connectivity index (χ1) is 5.91. The molecule has 0 spiro atoms. The third-order valence-electron chi connectivity index (χ3n) is 2.02. The summed E-state index contributed by atoms with van der Waals surface area (Å²) in [4.78, 5) is 10.9. The molecule has 1 aromatic heterocycles. The molecule has 4 heteroatoms. The number of carbonyl (C=O) groups is 1. The lowest BCUT2D eigenvalue weighted by atomic mass is 10.1. The molecule has 0 fully saturated rings. The maximum Gasteiger partial charge on any atom is 0.356 e. The number of carboxylic acids is 1. The van der Waals surface area contributed by atoms with Crippen molar-refractivity contribution in [2.24, 2.45) is 0 Å². The molecule has 1 aliphatic heterocycles. The quantitative estimate of drug-likeness (QED) is 0.685. The Morgan fingerprint density at radius 1 is 1.54 bits per heavy atom. The summed E-state index contributed by atoms with van der Waals surface area (Å²) in [6.07, 6.45) is 1.73. The Labute approximate surface area is 75.7 Å². The topological polar surface area (TPSA) is 54.8 Å². The van der Waals surface area contributed by atoms with Crippen LogP contribution in [0.1, 0.15) is 31.3 Å². The summed E-state index contributed by atoms with van der Waals surface area (Å²) in [6.45, 7) is 5.87. The molecule has 0 radical (unpaired) electrons. The lowest BCUT2D eigenvalue weighted by Crippen LogP contribution is -2.25. The largest absolute Gasteiger partial charge is 0.476 e. The van der Waals surface area contributed by atoms with Crippen molar-refractivity contribution in [1.29, 1.82) is 0 Å². The van der Waals surface area contributed by atoms with Crippen molar-refractivity contribution in [3.63, 3.8) is 0 Å². The predicted octanol–water partition coefficient (Wildman–Crippen LogP) is 2.05. The van der Waals surface area contributed by atoms with Crippen molar-refractivity contribution in [2.45, 2.75) is 26.3 Å². The van der Waals surface area contributed by atoms with Crippen LogP contribution in [0.4, 0.5) is 0 Å². The van der Waals surface area contributed by atoms with Crippen molar-refractivity contribution in [2.75, 3.05) is 0 Å². The molecule has 70 valence electrons. The fourth-order valence-electron chi connectivity index (χ4n) is 1.35. The van der Waals surface area contributed by atoms with Gasteiger partial charge in [-0.3, -0.25) is 0 Å². The van der Waals surface area contributed by atoms with Crippen LogP contribution in [-0.2, 0) is 5.54 Å². The van der Waals surface area contributed by atoms with Crippen LogP contribution in [0.3, 0.4) is 0 Å². The van der Waals surface area contributed by atoms with Crippen molar-refractivity contribution in [1.82, 2.24) is 4.57 Å². The highest BCUT2D eigenvalue weighted by molar-refractivity contribution is 5.93. The number of carboxylic acid groups (broad SMARTS) is 1. The highest BCUT2D eigenvalue weighted by Gasteiger charge is 2.37. The van der Waals surface area contributed by atoms with Gasteiger partial charge in [0.2, 0.25) is 5.75 Å². The molecule has 2 rings (SSSR count). The van der Waals surface area contributed by atoms with Gasteiger partial charge in [0.25, 0.3) is 0 Å². The van der Waals surface area contributed by atoms with E-state index in [1.54, 1.807) is 10.8 Å². The minimum atomic E-state index is -0.936. The number of fused-ring (bicyclic) bond motifs is 1.